The minimum atomic E-state index is -0.245. The summed E-state index contributed by atoms with van der Waals surface area (Å²) < 4.78 is 1.17. The molecule has 4 rings (SSSR count). The maximum Gasteiger partial charge on any atom is 0.245 e. The van der Waals surface area contributed by atoms with Crippen molar-refractivity contribution in [3.63, 3.8) is 0 Å². The molecule has 0 aliphatic carbocycles. The van der Waals surface area contributed by atoms with Gasteiger partial charge in [0.05, 0.1) is 15.2 Å². The van der Waals surface area contributed by atoms with Crippen molar-refractivity contribution in [2.45, 2.75) is 45.7 Å². The average Bonchev–Trinajstić information content (AvgIpc) is 3.26. The molecule has 1 aliphatic rings. The fourth-order valence-corrected chi connectivity index (χ4v) is 5.20. The number of amides is 1. The van der Waals surface area contributed by atoms with Gasteiger partial charge in [-0.2, -0.15) is 0 Å². The van der Waals surface area contributed by atoms with Gasteiger partial charge in [-0.1, -0.05) is 13.8 Å². The van der Waals surface area contributed by atoms with Crippen molar-refractivity contribution in [2.24, 2.45) is 0 Å². The summed E-state index contributed by atoms with van der Waals surface area (Å²) in [6, 6.07) is 8.06. The van der Waals surface area contributed by atoms with Gasteiger partial charge in [0, 0.05) is 29.6 Å². The van der Waals surface area contributed by atoms with Crippen molar-refractivity contribution >= 4 is 44.5 Å². The van der Waals surface area contributed by atoms with E-state index in [1.54, 1.807) is 22.7 Å². The smallest absolute Gasteiger partial charge is 0.245 e. The van der Waals surface area contributed by atoms with E-state index in [1.165, 1.54) is 15.1 Å². The van der Waals surface area contributed by atoms with Gasteiger partial charge >= 0.3 is 0 Å². The molecule has 26 heavy (non-hydrogen) atoms. The van der Waals surface area contributed by atoms with Crippen LogP contribution in [0.2, 0.25) is 0 Å². The van der Waals surface area contributed by atoms with E-state index in [0.29, 0.717) is 5.92 Å². The summed E-state index contributed by atoms with van der Waals surface area (Å²) in [5, 5.41) is 6.65. The zero-order valence-corrected chi connectivity index (χ0v) is 16.9. The molecule has 6 heteroatoms. The predicted molar refractivity (Wildman–Crippen MR) is 110 cm³/mol. The van der Waals surface area contributed by atoms with Gasteiger partial charge in [0.2, 0.25) is 5.91 Å². The highest BCUT2D eigenvalue weighted by Gasteiger charge is 2.25. The molecule has 1 atom stereocenters. The summed E-state index contributed by atoms with van der Waals surface area (Å²) in [5.41, 5.74) is 3.31. The number of thiophene rings is 1. The van der Waals surface area contributed by atoms with E-state index in [9.17, 15) is 4.79 Å². The van der Waals surface area contributed by atoms with Crippen molar-refractivity contribution in [3.05, 3.63) is 45.1 Å². The molecule has 0 radical (unpaired) electrons. The number of fused-ring (bicyclic) bond motifs is 2. The van der Waals surface area contributed by atoms with Gasteiger partial charge in [-0.05, 0) is 48.6 Å². The van der Waals surface area contributed by atoms with Crippen LogP contribution in [0.1, 0.15) is 42.1 Å². The first kappa shape index (κ1) is 17.5. The Morgan fingerprint density at radius 3 is 2.92 bits per heavy atom. The molecule has 3 heterocycles. The van der Waals surface area contributed by atoms with Crippen molar-refractivity contribution in [3.8, 4) is 0 Å². The van der Waals surface area contributed by atoms with Crippen LogP contribution in [-0.2, 0) is 17.8 Å². The van der Waals surface area contributed by atoms with Gasteiger partial charge in [-0.15, -0.1) is 22.7 Å². The van der Waals surface area contributed by atoms with Gasteiger partial charge in [-0.25, -0.2) is 4.98 Å². The van der Waals surface area contributed by atoms with Gasteiger partial charge in [0.15, 0.2) is 0 Å². The van der Waals surface area contributed by atoms with E-state index >= 15 is 0 Å². The van der Waals surface area contributed by atoms with Crippen LogP contribution < -0.4 is 5.32 Å². The Balaban J connectivity index is 1.46. The monoisotopic (exact) mass is 385 g/mol. The van der Waals surface area contributed by atoms with Gasteiger partial charge < -0.3 is 10.2 Å². The first-order valence-corrected chi connectivity index (χ1v) is 10.7. The lowest BCUT2D eigenvalue weighted by Gasteiger charge is -2.30. The predicted octanol–water partition coefficient (Wildman–Crippen LogP) is 4.87. The highest BCUT2D eigenvalue weighted by atomic mass is 32.1. The molecular formula is C20H23N3OS2. The molecule has 1 amide bonds. The second-order valence-corrected chi connectivity index (χ2v) is 9.20. The Hall–Kier alpha value is -1.92. The van der Waals surface area contributed by atoms with Crippen molar-refractivity contribution in [1.82, 2.24) is 9.88 Å². The van der Waals surface area contributed by atoms with Crippen LogP contribution in [-0.4, -0.2) is 28.4 Å². The standard InChI is InChI=1S/C20H23N3OS2/c1-12(2)19-22-16-5-4-15(10-18(16)26-19)21-13(3)20(24)23-8-6-17-14(11-23)7-9-25-17/h4-5,7,9-10,12-13,21H,6,8,11H2,1-3H3/t13-/m1/s1. The molecule has 0 unspecified atom stereocenters. The number of aromatic nitrogens is 1. The van der Waals surface area contributed by atoms with Crippen molar-refractivity contribution in [1.29, 1.82) is 0 Å². The lowest BCUT2D eigenvalue weighted by Crippen LogP contribution is -2.43. The average molecular weight is 386 g/mol. The Morgan fingerprint density at radius 1 is 1.27 bits per heavy atom. The maximum atomic E-state index is 12.8. The molecular weight excluding hydrogens is 362 g/mol. The van der Waals surface area contributed by atoms with Crippen LogP contribution >= 0.6 is 22.7 Å². The molecule has 136 valence electrons. The molecule has 0 spiro atoms. The quantitative estimate of drug-likeness (QED) is 0.697. The van der Waals surface area contributed by atoms with Crippen LogP contribution in [0.5, 0.6) is 0 Å². The van der Waals surface area contributed by atoms with Crippen molar-refractivity contribution in [2.75, 3.05) is 11.9 Å². The molecule has 0 saturated heterocycles. The SMILES string of the molecule is CC(C)c1nc2ccc(N[C@H](C)C(=O)N3CCc4sccc4C3)cc2s1. The third kappa shape index (κ3) is 3.35. The lowest BCUT2D eigenvalue weighted by atomic mass is 10.1. The van der Waals surface area contributed by atoms with Crippen LogP contribution in [0, 0.1) is 0 Å². The Bertz CT molecular complexity index is 944. The normalized spacial score (nSPS) is 15.3. The van der Waals surface area contributed by atoms with E-state index in [-0.39, 0.29) is 11.9 Å². The van der Waals surface area contributed by atoms with E-state index in [4.69, 9.17) is 0 Å². The van der Waals surface area contributed by atoms with E-state index in [0.717, 1.165) is 35.7 Å². The van der Waals surface area contributed by atoms with E-state index in [1.807, 2.05) is 24.0 Å². The number of anilines is 1. The van der Waals surface area contributed by atoms with Crippen LogP contribution in [0.15, 0.2) is 29.6 Å². The summed E-state index contributed by atoms with van der Waals surface area (Å²) in [4.78, 5) is 20.9. The molecule has 4 nitrogen and oxygen atoms in total. The lowest BCUT2D eigenvalue weighted by molar-refractivity contribution is -0.132. The van der Waals surface area contributed by atoms with Crippen LogP contribution in [0.4, 0.5) is 5.69 Å². The molecule has 0 bridgehead atoms. The number of nitrogens with one attached hydrogen (secondary N) is 1. The molecule has 3 aromatic rings. The first-order valence-electron chi connectivity index (χ1n) is 9.02. The molecule has 0 saturated carbocycles. The minimum Gasteiger partial charge on any atom is -0.374 e. The van der Waals surface area contributed by atoms with Crippen LogP contribution in [0.25, 0.3) is 10.2 Å². The van der Waals surface area contributed by atoms with Gasteiger partial charge in [0.25, 0.3) is 0 Å². The second-order valence-electron chi connectivity index (χ2n) is 7.13. The molecule has 1 aromatic carbocycles. The summed E-state index contributed by atoms with van der Waals surface area (Å²) >= 11 is 3.53. The van der Waals surface area contributed by atoms with E-state index in [2.05, 4.69) is 41.7 Å². The Kier molecular flexibility index (Phi) is 4.71. The largest absolute Gasteiger partial charge is 0.374 e. The Labute approximate surface area is 161 Å². The zero-order valence-electron chi connectivity index (χ0n) is 15.3. The summed E-state index contributed by atoms with van der Waals surface area (Å²) in [6.07, 6.45) is 0.969. The number of rotatable bonds is 4. The number of carbonyl (C=O) groups excluding carboxylic acids is 1. The zero-order chi connectivity index (χ0) is 18.3. The third-order valence-electron chi connectivity index (χ3n) is 4.77. The summed E-state index contributed by atoms with van der Waals surface area (Å²) in [5.74, 6) is 0.597. The molecule has 0 fully saturated rings. The Morgan fingerprint density at radius 2 is 2.12 bits per heavy atom. The third-order valence-corrected chi connectivity index (χ3v) is 7.11. The van der Waals surface area contributed by atoms with E-state index < -0.39 is 0 Å². The van der Waals surface area contributed by atoms with Crippen LogP contribution in [0.3, 0.4) is 0 Å². The first-order chi connectivity index (χ1) is 12.5. The number of hydrogen-bond donors (Lipinski definition) is 1. The molecule has 2 aromatic heterocycles. The van der Waals surface area contributed by atoms with Gasteiger partial charge in [0.1, 0.15) is 6.04 Å². The number of benzene rings is 1. The minimum absolute atomic E-state index is 0.161. The second kappa shape index (κ2) is 7.00. The summed E-state index contributed by atoms with van der Waals surface area (Å²) in [6.45, 7) is 7.81. The highest BCUT2D eigenvalue weighted by Crippen LogP contribution is 2.30. The highest BCUT2D eigenvalue weighted by molar-refractivity contribution is 7.18. The van der Waals surface area contributed by atoms with Gasteiger partial charge in [-0.3, -0.25) is 4.79 Å². The molecule has 1 N–H and O–H groups in total. The molecule has 1 aliphatic heterocycles. The topological polar surface area (TPSA) is 45.2 Å². The number of carbonyl (C=O) groups is 1. The fourth-order valence-electron chi connectivity index (χ4n) is 3.30. The number of hydrogen-bond acceptors (Lipinski definition) is 5. The summed E-state index contributed by atoms with van der Waals surface area (Å²) in [7, 11) is 0. The number of nitrogens with zero attached hydrogens (tertiary/aromatic N) is 2. The maximum absolute atomic E-state index is 12.8. The van der Waals surface area contributed by atoms with Crippen molar-refractivity contribution < 1.29 is 4.79 Å². The fraction of sp³-hybridized carbons (Fsp3) is 0.400. The number of thiazole rings is 1.